The fraction of sp³-hybridized carbons (Fsp3) is 0.600. The van der Waals surface area contributed by atoms with Gasteiger partial charge >= 0.3 is 0 Å². The summed E-state index contributed by atoms with van der Waals surface area (Å²) >= 11 is 0. The minimum Gasteiger partial charge on any atom is -0.343 e. The number of carbonyl (C=O) groups is 2. The monoisotopic (exact) mass is 328 g/mol. The van der Waals surface area contributed by atoms with Crippen LogP contribution in [0.15, 0.2) is 30.3 Å². The molecular weight excluding hydrogens is 300 g/mol. The normalized spacial score (nSPS) is 21.2. The summed E-state index contributed by atoms with van der Waals surface area (Å²) in [6.45, 7) is 4.72. The first kappa shape index (κ1) is 17.0. The molecule has 1 aromatic carbocycles. The summed E-state index contributed by atoms with van der Waals surface area (Å²) in [7, 11) is 0. The van der Waals surface area contributed by atoms with Crippen molar-refractivity contribution in [2.45, 2.75) is 50.9 Å². The fourth-order valence-corrected chi connectivity index (χ4v) is 4.16. The summed E-state index contributed by atoms with van der Waals surface area (Å²) in [5, 5.41) is 0. The van der Waals surface area contributed by atoms with Crippen molar-refractivity contribution in [3.63, 3.8) is 0 Å². The van der Waals surface area contributed by atoms with Crippen molar-refractivity contribution in [1.82, 2.24) is 9.80 Å². The standard InChI is InChI=1S/C20H28N2O2/c1-17(23)21-15-11-20(12-16-21,18-9-5-4-6-10-18)19(24)22-13-7-2-3-8-14-22/h4-6,9-10H,2-3,7-8,11-16H2,1H3. The van der Waals surface area contributed by atoms with Crippen molar-refractivity contribution < 1.29 is 9.59 Å². The Hall–Kier alpha value is -1.84. The topological polar surface area (TPSA) is 40.6 Å². The predicted octanol–water partition coefficient (Wildman–Crippen LogP) is 2.97. The third kappa shape index (κ3) is 3.33. The molecule has 2 heterocycles. The maximum Gasteiger partial charge on any atom is 0.233 e. The summed E-state index contributed by atoms with van der Waals surface area (Å²) in [4.78, 5) is 29.2. The van der Waals surface area contributed by atoms with Crippen molar-refractivity contribution in [3.05, 3.63) is 35.9 Å². The Morgan fingerprint density at radius 3 is 1.96 bits per heavy atom. The van der Waals surface area contributed by atoms with Crippen molar-refractivity contribution in [2.24, 2.45) is 0 Å². The minimum absolute atomic E-state index is 0.110. The lowest BCUT2D eigenvalue weighted by atomic mass is 9.71. The van der Waals surface area contributed by atoms with Crippen LogP contribution in [-0.4, -0.2) is 47.8 Å². The molecule has 0 saturated carbocycles. The predicted molar refractivity (Wildman–Crippen MR) is 94.7 cm³/mol. The second-order valence-electron chi connectivity index (χ2n) is 7.16. The maximum atomic E-state index is 13.5. The van der Waals surface area contributed by atoms with E-state index in [4.69, 9.17) is 0 Å². The van der Waals surface area contributed by atoms with E-state index in [0.717, 1.165) is 44.3 Å². The quantitative estimate of drug-likeness (QED) is 0.837. The number of nitrogens with zero attached hydrogens (tertiary/aromatic N) is 2. The molecular formula is C20H28N2O2. The van der Waals surface area contributed by atoms with Crippen LogP contribution in [0.1, 0.15) is 51.0 Å². The Labute approximate surface area is 144 Å². The largest absolute Gasteiger partial charge is 0.343 e. The second kappa shape index (κ2) is 7.37. The molecule has 1 aromatic rings. The Morgan fingerprint density at radius 1 is 0.833 bits per heavy atom. The van der Waals surface area contributed by atoms with Gasteiger partial charge in [-0.1, -0.05) is 43.2 Å². The smallest absolute Gasteiger partial charge is 0.233 e. The van der Waals surface area contributed by atoms with Crippen LogP contribution < -0.4 is 0 Å². The highest BCUT2D eigenvalue weighted by atomic mass is 16.2. The lowest BCUT2D eigenvalue weighted by molar-refractivity contribution is -0.142. The lowest BCUT2D eigenvalue weighted by Crippen LogP contribution is -2.53. The van der Waals surface area contributed by atoms with Gasteiger partial charge in [0.2, 0.25) is 11.8 Å². The highest BCUT2D eigenvalue weighted by molar-refractivity contribution is 5.89. The Balaban J connectivity index is 1.88. The molecule has 0 unspecified atom stereocenters. The van der Waals surface area contributed by atoms with E-state index in [1.165, 1.54) is 12.8 Å². The Kier molecular flexibility index (Phi) is 5.22. The van der Waals surface area contributed by atoms with Crippen LogP contribution in [0.5, 0.6) is 0 Å². The van der Waals surface area contributed by atoms with Crippen LogP contribution in [-0.2, 0) is 15.0 Å². The van der Waals surface area contributed by atoms with Gasteiger partial charge < -0.3 is 9.80 Å². The zero-order valence-electron chi connectivity index (χ0n) is 14.7. The van der Waals surface area contributed by atoms with E-state index in [9.17, 15) is 9.59 Å². The van der Waals surface area contributed by atoms with Gasteiger partial charge in [-0.3, -0.25) is 9.59 Å². The van der Waals surface area contributed by atoms with Crippen LogP contribution in [0.3, 0.4) is 0 Å². The summed E-state index contributed by atoms with van der Waals surface area (Å²) in [5.41, 5.74) is 0.653. The zero-order valence-corrected chi connectivity index (χ0v) is 14.7. The summed E-state index contributed by atoms with van der Waals surface area (Å²) in [6, 6.07) is 10.2. The number of benzene rings is 1. The summed E-state index contributed by atoms with van der Waals surface area (Å²) < 4.78 is 0. The van der Waals surface area contributed by atoms with Gasteiger partial charge in [0.1, 0.15) is 0 Å². The highest BCUT2D eigenvalue weighted by Crippen LogP contribution is 2.38. The van der Waals surface area contributed by atoms with E-state index in [-0.39, 0.29) is 11.8 Å². The average molecular weight is 328 g/mol. The van der Waals surface area contributed by atoms with Gasteiger partial charge in [0.15, 0.2) is 0 Å². The van der Waals surface area contributed by atoms with Crippen LogP contribution in [0.25, 0.3) is 0 Å². The number of hydrogen-bond donors (Lipinski definition) is 0. The third-order valence-electron chi connectivity index (χ3n) is 5.69. The van der Waals surface area contributed by atoms with Crippen LogP contribution in [0, 0.1) is 0 Å². The first-order chi connectivity index (χ1) is 11.6. The molecule has 0 aromatic heterocycles. The molecule has 0 aliphatic carbocycles. The SMILES string of the molecule is CC(=O)N1CCC(C(=O)N2CCCCCC2)(c2ccccc2)CC1. The Bertz CT molecular complexity index is 569. The summed E-state index contributed by atoms with van der Waals surface area (Å²) in [6.07, 6.45) is 6.12. The first-order valence-corrected chi connectivity index (χ1v) is 9.24. The molecule has 4 nitrogen and oxygen atoms in total. The van der Waals surface area contributed by atoms with Crippen LogP contribution in [0.4, 0.5) is 0 Å². The molecule has 2 aliphatic heterocycles. The van der Waals surface area contributed by atoms with E-state index < -0.39 is 5.41 Å². The molecule has 0 atom stereocenters. The van der Waals surface area contributed by atoms with Crippen molar-refractivity contribution >= 4 is 11.8 Å². The molecule has 4 heteroatoms. The highest BCUT2D eigenvalue weighted by Gasteiger charge is 2.45. The van der Waals surface area contributed by atoms with Gasteiger partial charge in [-0.2, -0.15) is 0 Å². The number of hydrogen-bond acceptors (Lipinski definition) is 2. The molecule has 2 fully saturated rings. The average Bonchev–Trinajstić information content (AvgIpc) is 2.91. The van der Waals surface area contributed by atoms with Gasteiger partial charge in [-0.15, -0.1) is 0 Å². The lowest BCUT2D eigenvalue weighted by Gasteiger charge is -2.43. The number of amides is 2. The van der Waals surface area contributed by atoms with E-state index in [1.54, 1.807) is 6.92 Å². The van der Waals surface area contributed by atoms with Gasteiger partial charge in [-0.25, -0.2) is 0 Å². The van der Waals surface area contributed by atoms with Gasteiger partial charge in [-0.05, 0) is 31.2 Å². The first-order valence-electron chi connectivity index (χ1n) is 9.24. The van der Waals surface area contributed by atoms with Crippen LogP contribution >= 0.6 is 0 Å². The maximum absolute atomic E-state index is 13.5. The van der Waals surface area contributed by atoms with E-state index in [2.05, 4.69) is 17.0 Å². The van der Waals surface area contributed by atoms with Crippen molar-refractivity contribution in [1.29, 1.82) is 0 Å². The second-order valence-corrected chi connectivity index (χ2v) is 7.16. The molecule has 130 valence electrons. The molecule has 0 radical (unpaired) electrons. The van der Waals surface area contributed by atoms with Crippen molar-refractivity contribution in [2.75, 3.05) is 26.2 Å². The summed E-state index contributed by atoms with van der Waals surface area (Å²) in [5.74, 6) is 0.387. The molecule has 2 saturated heterocycles. The molecule has 2 aliphatic rings. The minimum atomic E-state index is -0.461. The van der Waals surface area contributed by atoms with E-state index in [1.807, 2.05) is 23.1 Å². The molecule has 0 spiro atoms. The fourth-order valence-electron chi connectivity index (χ4n) is 4.16. The molecule has 24 heavy (non-hydrogen) atoms. The third-order valence-corrected chi connectivity index (χ3v) is 5.69. The molecule has 2 amide bonds. The van der Waals surface area contributed by atoms with Gasteiger partial charge in [0.25, 0.3) is 0 Å². The number of carbonyl (C=O) groups excluding carboxylic acids is 2. The number of rotatable bonds is 2. The van der Waals surface area contributed by atoms with E-state index >= 15 is 0 Å². The Morgan fingerprint density at radius 2 is 1.42 bits per heavy atom. The van der Waals surface area contributed by atoms with E-state index in [0.29, 0.717) is 13.1 Å². The number of likely N-dealkylation sites (tertiary alicyclic amines) is 2. The molecule has 0 bridgehead atoms. The zero-order chi connectivity index (χ0) is 17.0. The van der Waals surface area contributed by atoms with Crippen molar-refractivity contribution in [3.8, 4) is 0 Å². The van der Waals surface area contributed by atoms with Gasteiger partial charge in [0, 0.05) is 33.1 Å². The van der Waals surface area contributed by atoms with Crippen LogP contribution in [0.2, 0.25) is 0 Å². The van der Waals surface area contributed by atoms with Gasteiger partial charge in [0.05, 0.1) is 5.41 Å². The molecule has 3 rings (SSSR count). The molecule has 0 N–H and O–H groups in total. The number of piperidine rings is 1.